The summed E-state index contributed by atoms with van der Waals surface area (Å²) in [6.07, 6.45) is 7.64. The SMILES string of the molecule is O=C1CCCN1c1ccc(NC(=S)NC2(c3ccco3)CCCC2)cc1. The number of rotatable bonds is 4. The minimum absolute atomic E-state index is 0.199. The molecule has 1 aromatic heterocycles. The van der Waals surface area contributed by atoms with Gasteiger partial charge in [0.2, 0.25) is 5.91 Å². The Morgan fingerprint density at radius 1 is 1.12 bits per heavy atom. The first kappa shape index (κ1) is 17.1. The van der Waals surface area contributed by atoms with Crippen molar-refractivity contribution < 1.29 is 9.21 Å². The number of thiocarbonyl (C=S) groups is 1. The molecule has 136 valence electrons. The van der Waals surface area contributed by atoms with Crippen molar-refractivity contribution >= 4 is 34.6 Å². The molecular weight excluding hydrogens is 346 g/mol. The molecule has 6 heteroatoms. The zero-order valence-electron chi connectivity index (χ0n) is 14.7. The normalized spacial score (nSPS) is 18.9. The fourth-order valence-electron chi connectivity index (χ4n) is 3.99. The van der Waals surface area contributed by atoms with Gasteiger partial charge in [-0.1, -0.05) is 12.8 Å². The van der Waals surface area contributed by atoms with Crippen molar-refractivity contribution in [2.24, 2.45) is 0 Å². The van der Waals surface area contributed by atoms with Gasteiger partial charge in [-0.05, 0) is 67.9 Å². The van der Waals surface area contributed by atoms with Crippen LogP contribution in [-0.4, -0.2) is 17.6 Å². The highest BCUT2D eigenvalue weighted by Crippen LogP contribution is 2.39. The second-order valence-electron chi connectivity index (χ2n) is 7.04. The van der Waals surface area contributed by atoms with E-state index in [2.05, 4.69) is 10.6 Å². The number of anilines is 2. The zero-order chi connectivity index (χ0) is 18.0. The van der Waals surface area contributed by atoms with Crippen molar-refractivity contribution in [3.05, 3.63) is 48.4 Å². The number of nitrogens with one attached hydrogen (secondary N) is 2. The van der Waals surface area contributed by atoms with Gasteiger partial charge in [0.25, 0.3) is 0 Å². The van der Waals surface area contributed by atoms with Gasteiger partial charge in [0.05, 0.1) is 11.8 Å². The van der Waals surface area contributed by atoms with Crippen molar-refractivity contribution in [1.82, 2.24) is 5.32 Å². The van der Waals surface area contributed by atoms with Gasteiger partial charge in [-0.15, -0.1) is 0 Å². The maximum atomic E-state index is 11.8. The molecular formula is C20H23N3O2S. The monoisotopic (exact) mass is 369 g/mol. The van der Waals surface area contributed by atoms with Gasteiger partial charge in [-0.25, -0.2) is 0 Å². The van der Waals surface area contributed by atoms with Crippen LogP contribution in [0.15, 0.2) is 47.1 Å². The van der Waals surface area contributed by atoms with E-state index >= 15 is 0 Å². The van der Waals surface area contributed by atoms with Crippen LogP contribution in [0.4, 0.5) is 11.4 Å². The van der Waals surface area contributed by atoms with Crippen molar-refractivity contribution in [2.75, 3.05) is 16.8 Å². The van der Waals surface area contributed by atoms with E-state index in [9.17, 15) is 4.79 Å². The molecule has 0 bridgehead atoms. The van der Waals surface area contributed by atoms with E-state index in [0.29, 0.717) is 11.5 Å². The second-order valence-corrected chi connectivity index (χ2v) is 7.45. The Morgan fingerprint density at radius 2 is 1.88 bits per heavy atom. The van der Waals surface area contributed by atoms with Crippen LogP contribution >= 0.6 is 12.2 Å². The number of nitrogens with zero attached hydrogens (tertiary/aromatic N) is 1. The first-order valence-electron chi connectivity index (χ1n) is 9.20. The van der Waals surface area contributed by atoms with Crippen LogP contribution in [0.25, 0.3) is 0 Å². The number of amides is 1. The van der Waals surface area contributed by atoms with Crippen LogP contribution in [0.2, 0.25) is 0 Å². The van der Waals surface area contributed by atoms with Crippen LogP contribution in [0.5, 0.6) is 0 Å². The van der Waals surface area contributed by atoms with Gasteiger partial charge < -0.3 is 20.0 Å². The number of benzene rings is 1. The molecule has 1 aliphatic carbocycles. The first-order chi connectivity index (χ1) is 12.7. The van der Waals surface area contributed by atoms with Crippen molar-refractivity contribution in [3.8, 4) is 0 Å². The summed E-state index contributed by atoms with van der Waals surface area (Å²) < 4.78 is 5.67. The van der Waals surface area contributed by atoms with Crippen LogP contribution < -0.4 is 15.5 Å². The molecule has 0 radical (unpaired) electrons. The lowest BCUT2D eigenvalue weighted by Gasteiger charge is -2.29. The molecule has 2 fully saturated rings. The summed E-state index contributed by atoms with van der Waals surface area (Å²) in [6.45, 7) is 0.803. The third-order valence-corrected chi connectivity index (χ3v) is 5.52. The van der Waals surface area contributed by atoms with E-state index in [0.717, 1.165) is 55.8 Å². The number of carbonyl (C=O) groups is 1. The Kier molecular flexibility index (Phi) is 4.68. The molecule has 4 rings (SSSR count). The predicted molar refractivity (Wildman–Crippen MR) is 106 cm³/mol. The van der Waals surface area contributed by atoms with E-state index in [4.69, 9.17) is 16.6 Å². The van der Waals surface area contributed by atoms with E-state index in [1.807, 2.05) is 41.3 Å². The number of hydrogen-bond donors (Lipinski definition) is 2. The summed E-state index contributed by atoms with van der Waals surface area (Å²) in [7, 11) is 0. The number of carbonyl (C=O) groups excluding carboxylic acids is 1. The van der Waals surface area contributed by atoms with Gasteiger partial charge in [0, 0.05) is 24.3 Å². The Balaban J connectivity index is 1.42. The van der Waals surface area contributed by atoms with Crippen molar-refractivity contribution in [2.45, 2.75) is 44.1 Å². The largest absolute Gasteiger partial charge is 0.467 e. The quantitative estimate of drug-likeness (QED) is 0.793. The summed E-state index contributed by atoms with van der Waals surface area (Å²) in [4.78, 5) is 13.7. The molecule has 1 saturated carbocycles. The highest BCUT2D eigenvalue weighted by atomic mass is 32.1. The third-order valence-electron chi connectivity index (χ3n) is 5.31. The van der Waals surface area contributed by atoms with Crippen LogP contribution in [0.1, 0.15) is 44.3 Å². The summed E-state index contributed by atoms with van der Waals surface area (Å²) in [5.74, 6) is 1.14. The van der Waals surface area contributed by atoms with Gasteiger partial charge in [0.1, 0.15) is 5.76 Å². The lowest BCUT2D eigenvalue weighted by Crippen LogP contribution is -2.45. The van der Waals surface area contributed by atoms with Gasteiger partial charge in [-0.3, -0.25) is 4.79 Å². The van der Waals surface area contributed by atoms with Crippen LogP contribution in [0, 0.1) is 0 Å². The molecule has 2 aliphatic rings. The Hall–Kier alpha value is -2.34. The summed E-state index contributed by atoms with van der Waals surface area (Å²) in [5, 5.41) is 7.33. The average molecular weight is 369 g/mol. The smallest absolute Gasteiger partial charge is 0.227 e. The highest BCUT2D eigenvalue weighted by molar-refractivity contribution is 7.80. The lowest BCUT2D eigenvalue weighted by molar-refractivity contribution is -0.117. The minimum atomic E-state index is -0.213. The van der Waals surface area contributed by atoms with E-state index in [1.54, 1.807) is 6.26 Å². The molecule has 1 aliphatic heterocycles. The molecule has 0 atom stereocenters. The fraction of sp³-hybridized carbons (Fsp3) is 0.400. The van der Waals surface area contributed by atoms with Crippen molar-refractivity contribution in [1.29, 1.82) is 0 Å². The van der Waals surface area contributed by atoms with E-state index in [-0.39, 0.29) is 11.4 Å². The molecule has 2 heterocycles. The molecule has 1 saturated heterocycles. The molecule has 2 aromatic rings. The topological polar surface area (TPSA) is 57.5 Å². The van der Waals surface area contributed by atoms with Gasteiger partial charge in [-0.2, -0.15) is 0 Å². The summed E-state index contributed by atoms with van der Waals surface area (Å²) >= 11 is 5.55. The van der Waals surface area contributed by atoms with Crippen LogP contribution in [0.3, 0.4) is 0 Å². The number of hydrogen-bond acceptors (Lipinski definition) is 3. The van der Waals surface area contributed by atoms with E-state index < -0.39 is 0 Å². The first-order valence-corrected chi connectivity index (χ1v) is 9.61. The Morgan fingerprint density at radius 3 is 2.50 bits per heavy atom. The van der Waals surface area contributed by atoms with Crippen LogP contribution in [-0.2, 0) is 10.3 Å². The molecule has 0 spiro atoms. The summed E-state index contributed by atoms with van der Waals surface area (Å²) in [5.41, 5.74) is 1.64. The summed E-state index contributed by atoms with van der Waals surface area (Å²) in [6, 6.07) is 11.8. The minimum Gasteiger partial charge on any atom is -0.467 e. The van der Waals surface area contributed by atoms with Gasteiger partial charge >= 0.3 is 0 Å². The molecule has 0 unspecified atom stereocenters. The zero-order valence-corrected chi connectivity index (χ0v) is 15.5. The molecule has 1 aromatic carbocycles. The van der Waals surface area contributed by atoms with Crippen molar-refractivity contribution in [3.63, 3.8) is 0 Å². The molecule has 26 heavy (non-hydrogen) atoms. The standard InChI is InChI=1S/C20H23N3O2S/c24-18-6-3-13-23(18)16-9-7-15(8-10-16)21-19(26)22-20(11-1-2-12-20)17-5-4-14-25-17/h4-5,7-10,14H,1-3,6,11-13H2,(H2,21,22,26). The second kappa shape index (κ2) is 7.11. The molecule has 5 nitrogen and oxygen atoms in total. The Bertz CT molecular complexity index is 780. The molecule has 2 N–H and O–H groups in total. The molecule has 1 amide bonds. The number of furan rings is 1. The third kappa shape index (κ3) is 3.33. The Labute approximate surface area is 158 Å². The van der Waals surface area contributed by atoms with E-state index in [1.165, 1.54) is 0 Å². The van der Waals surface area contributed by atoms with Gasteiger partial charge in [0.15, 0.2) is 5.11 Å². The predicted octanol–water partition coefficient (Wildman–Crippen LogP) is 4.16. The lowest BCUT2D eigenvalue weighted by atomic mass is 9.94. The maximum absolute atomic E-state index is 11.8. The fourth-order valence-corrected chi connectivity index (χ4v) is 4.30. The maximum Gasteiger partial charge on any atom is 0.227 e. The average Bonchev–Trinajstić information content (AvgIpc) is 3.37. The highest BCUT2D eigenvalue weighted by Gasteiger charge is 2.38.